The quantitative estimate of drug-likeness (QED) is 0.469. The number of nitrogens with one attached hydrogen (secondary N) is 1. The molecular formula is C18H23F6NO4. The van der Waals surface area contributed by atoms with Crippen molar-refractivity contribution in [3.8, 4) is 5.75 Å². The van der Waals surface area contributed by atoms with E-state index in [1.165, 1.54) is 18.2 Å². The average molecular weight is 431 g/mol. The highest BCUT2D eigenvalue weighted by molar-refractivity contribution is 5.73. The molecule has 0 radical (unpaired) electrons. The van der Waals surface area contributed by atoms with Gasteiger partial charge in [0.15, 0.2) is 0 Å². The molecule has 0 amide bonds. The second kappa shape index (κ2) is 11.2. The Kier molecular flexibility index (Phi) is 9.71. The Morgan fingerprint density at radius 1 is 1.07 bits per heavy atom. The highest BCUT2D eigenvalue weighted by Gasteiger charge is 2.38. The van der Waals surface area contributed by atoms with E-state index in [4.69, 9.17) is 14.6 Å². The minimum Gasteiger partial charge on any atom is -0.493 e. The smallest absolute Gasteiger partial charge is 0.490 e. The molecule has 3 N–H and O–H groups in total. The third-order valence-electron chi connectivity index (χ3n) is 4.14. The molecule has 0 spiro atoms. The average Bonchev–Trinajstić information content (AvgIpc) is 2.62. The summed E-state index contributed by atoms with van der Waals surface area (Å²) in [5.41, 5.74) is -0.732. The fourth-order valence-corrected chi connectivity index (χ4v) is 2.67. The molecule has 2 rings (SSSR count). The number of aliphatic carboxylic acids is 1. The molecule has 0 aliphatic heterocycles. The second-order valence-corrected chi connectivity index (χ2v) is 6.46. The molecule has 0 saturated heterocycles. The first kappa shape index (κ1) is 25.0. The lowest BCUT2D eigenvalue weighted by Crippen LogP contribution is -2.35. The summed E-state index contributed by atoms with van der Waals surface area (Å²) in [5.74, 6) is -2.87. The molecule has 0 atom stereocenters. The Morgan fingerprint density at radius 3 is 2.14 bits per heavy atom. The van der Waals surface area contributed by atoms with Crippen LogP contribution in [0.2, 0.25) is 0 Å². The lowest BCUT2D eigenvalue weighted by molar-refractivity contribution is -0.192. The first-order chi connectivity index (χ1) is 13.4. The summed E-state index contributed by atoms with van der Waals surface area (Å²) in [6, 6.07) is 5.66. The molecule has 11 heteroatoms. The molecule has 1 aromatic carbocycles. The molecule has 1 aliphatic carbocycles. The van der Waals surface area contributed by atoms with Crippen LogP contribution in [0, 0.1) is 0 Å². The van der Waals surface area contributed by atoms with Gasteiger partial charge in [-0.1, -0.05) is 12.1 Å². The van der Waals surface area contributed by atoms with Crippen LogP contribution in [0.3, 0.4) is 0 Å². The van der Waals surface area contributed by atoms with Gasteiger partial charge >= 0.3 is 18.3 Å². The predicted octanol–water partition coefficient (Wildman–Crippen LogP) is 4.00. The van der Waals surface area contributed by atoms with Crippen molar-refractivity contribution in [3.05, 3.63) is 29.8 Å². The number of carboxylic acid groups (broad SMARTS) is 1. The number of carboxylic acids is 1. The monoisotopic (exact) mass is 431 g/mol. The van der Waals surface area contributed by atoms with Crippen molar-refractivity contribution in [1.29, 1.82) is 0 Å². The maximum atomic E-state index is 12.8. The molecule has 1 fully saturated rings. The molecule has 0 aromatic heterocycles. The van der Waals surface area contributed by atoms with Gasteiger partial charge in [-0.05, 0) is 50.8 Å². The fourth-order valence-electron chi connectivity index (χ4n) is 2.67. The summed E-state index contributed by atoms with van der Waals surface area (Å²) in [4.78, 5) is 8.90. The molecule has 0 bridgehead atoms. The van der Waals surface area contributed by atoms with E-state index >= 15 is 0 Å². The van der Waals surface area contributed by atoms with Gasteiger partial charge in [0.05, 0.1) is 18.3 Å². The first-order valence-electron chi connectivity index (χ1n) is 8.92. The van der Waals surface area contributed by atoms with Crippen LogP contribution in [0.25, 0.3) is 0 Å². The van der Waals surface area contributed by atoms with E-state index in [-0.39, 0.29) is 18.5 Å². The van der Waals surface area contributed by atoms with E-state index in [9.17, 15) is 31.4 Å². The van der Waals surface area contributed by atoms with Gasteiger partial charge in [-0.3, -0.25) is 0 Å². The number of hydrogen-bond acceptors (Lipinski definition) is 4. The molecule has 0 unspecified atom stereocenters. The van der Waals surface area contributed by atoms with Crippen LogP contribution in [0.15, 0.2) is 24.3 Å². The number of halogens is 6. The summed E-state index contributed by atoms with van der Waals surface area (Å²) in [7, 11) is 0. The minimum atomic E-state index is -5.08. The molecule has 166 valence electrons. The standard InChI is InChI=1S/C16H22F3NO2.C2HF3O2/c17-16(18,19)14-4-1-2-5-15(14)22-11-3-10-20-12-6-8-13(21)9-7-12;3-2(4,5)1(6)7/h1-2,4-5,12-13,20-21H,3,6-11H2;(H,6,7). The van der Waals surface area contributed by atoms with Crippen molar-refractivity contribution in [2.75, 3.05) is 13.2 Å². The van der Waals surface area contributed by atoms with E-state index in [1.54, 1.807) is 0 Å². The van der Waals surface area contributed by atoms with Gasteiger partial charge in [-0.15, -0.1) is 0 Å². The Morgan fingerprint density at radius 2 is 1.62 bits per heavy atom. The number of alkyl halides is 6. The summed E-state index contributed by atoms with van der Waals surface area (Å²) in [6.45, 7) is 0.949. The van der Waals surface area contributed by atoms with Crippen molar-refractivity contribution in [2.45, 2.75) is 56.6 Å². The van der Waals surface area contributed by atoms with Crippen molar-refractivity contribution in [1.82, 2.24) is 5.32 Å². The first-order valence-corrected chi connectivity index (χ1v) is 8.92. The number of hydrogen-bond donors (Lipinski definition) is 3. The van der Waals surface area contributed by atoms with E-state index in [0.29, 0.717) is 19.0 Å². The number of rotatable bonds is 6. The lowest BCUT2D eigenvalue weighted by atomic mass is 9.93. The lowest BCUT2D eigenvalue weighted by Gasteiger charge is -2.26. The fraction of sp³-hybridized carbons (Fsp3) is 0.611. The molecule has 1 aliphatic rings. The third kappa shape index (κ3) is 9.84. The zero-order valence-electron chi connectivity index (χ0n) is 15.4. The van der Waals surface area contributed by atoms with Crippen LogP contribution >= 0.6 is 0 Å². The van der Waals surface area contributed by atoms with Crippen LogP contribution in [-0.4, -0.2) is 47.7 Å². The number of carbonyl (C=O) groups is 1. The Hall–Kier alpha value is -2.01. The summed E-state index contributed by atoms with van der Waals surface area (Å²) in [5, 5.41) is 19.9. The number of aliphatic hydroxyl groups excluding tert-OH is 1. The van der Waals surface area contributed by atoms with Crippen LogP contribution < -0.4 is 10.1 Å². The van der Waals surface area contributed by atoms with Crippen LogP contribution in [0.1, 0.15) is 37.7 Å². The summed E-state index contributed by atoms with van der Waals surface area (Å²) >= 11 is 0. The Balaban J connectivity index is 0.000000516. The van der Waals surface area contributed by atoms with Crippen molar-refractivity contribution in [2.24, 2.45) is 0 Å². The number of benzene rings is 1. The van der Waals surface area contributed by atoms with Crippen molar-refractivity contribution in [3.63, 3.8) is 0 Å². The van der Waals surface area contributed by atoms with Crippen LogP contribution in [0.5, 0.6) is 5.75 Å². The van der Waals surface area contributed by atoms with Crippen LogP contribution in [0.4, 0.5) is 26.3 Å². The van der Waals surface area contributed by atoms with Gasteiger partial charge in [0.1, 0.15) is 5.75 Å². The highest BCUT2D eigenvalue weighted by atomic mass is 19.4. The van der Waals surface area contributed by atoms with E-state index < -0.39 is 23.9 Å². The van der Waals surface area contributed by atoms with Crippen molar-refractivity contribution >= 4 is 5.97 Å². The van der Waals surface area contributed by atoms with E-state index in [0.717, 1.165) is 31.7 Å². The number of ether oxygens (including phenoxy) is 1. The zero-order chi connectivity index (χ0) is 22.1. The molecule has 0 heterocycles. The second-order valence-electron chi connectivity index (χ2n) is 6.46. The molecule has 1 aromatic rings. The molecule has 5 nitrogen and oxygen atoms in total. The van der Waals surface area contributed by atoms with E-state index in [1.807, 2.05) is 0 Å². The van der Waals surface area contributed by atoms with Gasteiger partial charge in [0, 0.05) is 6.04 Å². The molecule has 1 saturated carbocycles. The van der Waals surface area contributed by atoms with Gasteiger partial charge in [0.25, 0.3) is 0 Å². The van der Waals surface area contributed by atoms with Crippen LogP contribution in [-0.2, 0) is 11.0 Å². The Labute approximate surface area is 163 Å². The largest absolute Gasteiger partial charge is 0.493 e. The highest BCUT2D eigenvalue weighted by Crippen LogP contribution is 2.35. The number of aliphatic hydroxyl groups is 1. The van der Waals surface area contributed by atoms with Gasteiger partial charge in [-0.25, -0.2) is 4.79 Å². The summed E-state index contributed by atoms with van der Waals surface area (Å²) < 4.78 is 75.4. The maximum Gasteiger partial charge on any atom is 0.490 e. The zero-order valence-corrected chi connectivity index (χ0v) is 15.4. The third-order valence-corrected chi connectivity index (χ3v) is 4.14. The van der Waals surface area contributed by atoms with Crippen molar-refractivity contribution < 1.29 is 46.1 Å². The molecular weight excluding hydrogens is 408 g/mol. The normalized spacial score (nSPS) is 19.8. The summed E-state index contributed by atoms with van der Waals surface area (Å²) in [6.07, 6.45) is -5.50. The maximum absolute atomic E-state index is 12.8. The van der Waals surface area contributed by atoms with Gasteiger partial charge in [0.2, 0.25) is 0 Å². The van der Waals surface area contributed by atoms with Gasteiger partial charge < -0.3 is 20.3 Å². The van der Waals surface area contributed by atoms with E-state index in [2.05, 4.69) is 5.32 Å². The Bertz CT molecular complexity index is 628. The predicted molar refractivity (Wildman–Crippen MR) is 91.5 cm³/mol. The SMILES string of the molecule is O=C(O)C(F)(F)F.OC1CCC(NCCCOc2ccccc2C(F)(F)F)CC1. The topological polar surface area (TPSA) is 78.8 Å². The number of para-hydroxylation sites is 1. The van der Waals surface area contributed by atoms with Gasteiger partial charge in [-0.2, -0.15) is 26.3 Å². The minimum absolute atomic E-state index is 0.115. The molecule has 29 heavy (non-hydrogen) atoms.